The number of para-hydroxylation sites is 2. The third-order valence-corrected chi connectivity index (χ3v) is 6.68. The van der Waals surface area contributed by atoms with Crippen LogP contribution in [0.15, 0.2) is 84.9 Å². The molecule has 1 fully saturated rings. The number of aliphatic hydroxyl groups excluding tert-OH is 1. The number of aromatic nitrogens is 2. The second-order valence-electron chi connectivity index (χ2n) is 9.55. The molecule has 7 heteroatoms. The van der Waals surface area contributed by atoms with Crippen molar-refractivity contribution in [3.63, 3.8) is 0 Å². The SMILES string of the molecule is CCc1nn(-c2ccccc2)c(Oc2ccc(OC)cc2)c1CN(C[C@@H](O)COc1ccccc1)C1CC1. The first-order chi connectivity index (χ1) is 18.6. The molecule has 1 aromatic heterocycles. The van der Waals surface area contributed by atoms with Crippen molar-refractivity contribution in [1.82, 2.24) is 14.7 Å². The van der Waals surface area contributed by atoms with Crippen LogP contribution < -0.4 is 14.2 Å². The predicted octanol–water partition coefficient (Wildman–Crippen LogP) is 5.64. The van der Waals surface area contributed by atoms with Gasteiger partial charge in [-0.3, -0.25) is 4.90 Å². The largest absolute Gasteiger partial charge is 0.497 e. The highest BCUT2D eigenvalue weighted by molar-refractivity contribution is 5.44. The van der Waals surface area contributed by atoms with Crippen molar-refractivity contribution in [1.29, 1.82) is 0 Å². The number of rotatable bonds is 13. The van der Waals surface area contributed by atoms with E-state index in [0.717, 1.165) is 47.7 Å². The summed E-state index contributed by atoms with van der Waals surface area (Å²) in [7, 11) is 1.65. The van der Waals surface area contributed by atoms with E-state index in [1.165, 1.54) is 0 Å². The Balaban J connectivity index is 1.41. The molecule has 5 rings (SSSR count). The monoisotopic (exact) mass is 513 g/mol. The summed E-state index contributed by atoms with van der Waals surface area (Å²) in [5.41, 5.74) is 2.96. The lowest BCUT2D eigenvalue weighted by Gasteiger charge is -2.25. The molecule has 1 aliphatic rings. The van der Waals surface area contributed by atoms with Crippen molar-refractivity contribution in [2.24, 2.45) is 0 Å². The van der Waals surface area contributed by atoms with Crippen molar-refractivity contribution in [2.75, 3.05) is 20.3 Å². The van der Waals surface area contributed by atoms with Crippen molar-refractivity contribution in [3.05, 3.63) is 96.2 Å². The molecule has 0 saturated heterocycles. The Morgan fingerprint density at radius 1 is 0.921 bits per heavy atom. The van der Waals surface area contributed by atoms with E-state index in [1.54, 1.807) is 7.11 Å². The normalized spacial score (nSPS) is 13.9. The summed E-state index contributed by atoms with van der Waals surface area (Å²) in [4.78, 5) is 2.34. The van der Waals surface area contributed by atoms with Gasteiger partial charge in [0.15, 0.2) is 0 Å². The Bertz CT molecular complexity index is 1290. The standard InChI is InChI=1S/C31H35N3O4/c1-3-30-29(21-33(23-14-15-23)20-25(35)22-37-27-12-8-5-9-13-27)31(34(32-30)24-10-6-4-7-11-24)38-28-18-16-26(36-2)17-19-28/h4-13,16-19,23,25,35H,3,14-15,20-22H2,1-2H3/t25-/m1/s1. The first-order valence-electron chi connectivity index (χ1n) is 13.2. The van der Waals surface area contributed by atoms with Crippen LogP contribution in [0, 0.1) is 0 Å². The number of benzene rings is 3. The maximum absolute atomic E-state index is 10.9. The second-order valence-corrected chi connectivity index (χ2v) is 9.55. The Morgan fingerprint density at radius 3 is 2.21 bits per heavy atom. The quantitative estimate of drug-likeness (QED) is 0.250. The molecule has 0 aliphatic heterocycles. The van der Waals surface area contributed by atoms with Gasteiger partial charge in [0, 0.05) is 19.1 Å². The van der Waals surface area contributed by atoms with Crippen LogP contribution in [0.1, 0.15) is 31.0 Å². The minimum atomic E-state index is -0.615. The third-order valence-electron chi connectivity index (χ3n) is 6.68. The summed E-state index contributed by atoms with van der Waals surface area (Å²) in [6.07, 6.45) is 2.40. The van der Waals surface area contributed by atoms with Crippen molar-refractivity contribution >= 4 is 0 Å². The fourth-order valence-electron chi connectivity index (χ4n) is 4.54. The Labute approximate surface area is 224 Å². The van der Waals surface area contributed by atoms with E-state index in [1.807, 2.05) is 89.6 Å². The Morgan fingerprint density at radius 2 is 1.58 bits per heavy atom. The Kier molecular flexibility index (Phi) is 8.26. The van der Waals surface area contributed by atoms with Crippen molar-refractivity contribution in [2.45, 2.75) is 44.9 Å². The molecule has 1 saturated carbocycles. The van der Waals surface area contributed by atoms with Crippen LogP contribution in [0.2, 0.25) is 0 Å². The molecule has 0 unspecified atom stereocenters. The first-order valence-corrected chi connectivity index (χ1v) is 13.2. The van der Waals surface area contributed by atoms with E-state index in [0.29, 0.717) is 30.8 Å². The van der Waals surface area contributed by atoms with E-state index in [4.69, 9.17) is 19.3 Å². The van der Waals surface area contributed by atoms with E-state index >= 15 is 0 Å². The van der Waals surface area contributed by atoms with Gasteiger partial charge in [-0.15, -0.1) is 0 Å². The summed E-state index contributed by atoms with van der Waals surface area (Å²) in [5, 5.41) is 15.8. The minimum absolute atomic E-state index is 0.242. The van der Waals surface area contributed by atoms with Crippen LogP contribution in [0.3, 0.4) is 0 Å². The highest BCUT2D eigenvalue weighted by Crippen LogP contribution is 2.36. The van der Waals surface area contributed by atoms with Gasteiger partial charge in [0.1, 0.15) is 30.0 Å². The summed E-state index contributed by atoms with van der Waals surface area (Å²) in [6.45, 7) is 3.50. The molecule has 198 valence electrons. The van der Waals surface area contributed by atoms with Crippen LogP contribution in [-0.2, 0) is 13.0 Å². The number of aliphatic hydroxyl groups is 1. The van der Waals surface area contributed by atoms with Crippen molar-refractivity contribution in [3.8, 4) is 28.8 Å². The first kappa shape index (κ1) is 25.8. The number of methoxy groups -OCH3 is 1. The van der Waals surface area contributed by atoms with Crippen LogP contribution in [0.25, 0.3) is 5.69 Å². The molecular formula is C31H35N3O4. The molecule has 0 spiro atoms. The molecule has 3 aromatic carbocycles. The summed E-state index contributed by atoms with van der Waals surface area (Å²) in [5.74, 6) is 2.94. The number of ether oxygens (including phenoxy) is 3. The zero-order valence-corrected chi connectivity index (χ0v) is 22.0. The van der Waals surface area contributed by atoms with Crippen molar-refractivity contribution < 1.29 is 19.3 Å². The molecule has 38 heavy (non-hydrogen) atoms. The molecule has 4 aromatic rings. The van der Waals surface area contributed by atoms with E-state index in [9.17, 15) is 5.11 Å². The lowest BCUT2D eigenvalue weighted by molar-refractivity contribution is 0.0623. The van der Waals surface area contributed by atoms with Gasteiger partial charge in [0.05, 0.1) is 24.1 Å². The molecule has 1 heterocycles. The Hall–Kier alpha value is -3.81. The fourth-order valence-corrected chi connectivity index (χ4v) is 4.54. The van der Waals surface area contributed by atoms with Gasteiger partial charge < -0.3 is 19.3 Å². The lowest BCUT2D eigenvalue weighted by atomic mass is 10.1. The maximum Gasteiger partial charge on any atom is 0.227 e. The van der Waals surface area contributed by atoms with Gasteiger partial charge in [-0.05, 0) is 67.8 Å². The highest BCUT2D eigenvalue weighted by atomic mass is 16.5. The summed E-state index contributed by atoms with van der Waals surface area (Å²) < 4.78 is 19.5. The fraction of sp³-hybridized carbons (Fsp3) is 0.323. The predicted molar refractivity (Wildman–Crippen MR) is 147 cm³/mol. The molecule has 1 atom stereocenters. The summed E-state index contributed by atoms with van der Waals surface area (Å²) in [6, 6.07) is 27.7. The van der Waals surface area contributed by atoms with Gasteiger partial charge in [-0.2, -0.15) is 5.10 Å². The molecule has 7 nitrogen and oxygen atoms in total. The zero-order chi connectivity index (χ0) is 26.3. The van der Waals surface area contributed by atoms with E-state index in [2.05, 4.69) is 11.8 Å². The van der Waals surface area contributed by atoms with Gasteiger partial charge in [0.25, 0.3) is 0 Å². The molecule has 0 bridgehead atoms. The van der Waals surface area contributed by atoms with Crippen LogP contribution in [-0.4, -0.2) is 52.2 Å². The maximum atomic E-state index is 10.9. The van der Waals surface area contributed by atoms with Gasteiger partial charge in [-0.1, -0.05) is 43.3 Å². The van der Waals surface area contributed by atoms with Gasteiger partial charge in [-0.25, -0.2) is 4.68 Å². The van der Waals surface area contributed by atoms with E-state index < -0.39 is 6.10 Å². The van der Waals surface area contributed by atoms with Crippen LogP contribution >= 0.6 is 0 Å². The molecule has 1 aliphatic carbocycles. The number of hydrogen-bond donors (Lipinski definition) is 1. The molecule has 0 radical (unpaired) electrons. The smallest absolute Gasteiger partial charge is 0.227 e. The number of aryl methyl sites for hydroxylation is 1. The molecule has 0 amide bonds. The molecule has 1 N–H and O–H groups in total. The average Bonchev–Trinajstić information content (AvgIpc) is 3.76. The third kappa shape index (κ3) is 6.36. The lowest BCUT2D eigenvalue weighted by Crippen LogP contribution is -2.37. The van der Waals surface area contributed by atoms with Gasteiger partial charge >= 0.3 is 0 Å². The van der Waals surface area contributed by atoms with Crippen LogP contribution in [0.5, 0.6) is 23.1 Å². The van der Waals surface area contributed by atoms with Crippen LogP contribution in [0.4, 0.5) is 0 Å². The second kappa shape index (κ2) is 12.2. The molecular weight excluding hydrogens is 478 g/mol. The summed E-state index contributed by atoms with van der Waals surface area (Å²) >= 11 is 0. The average molecular weight is 514 g/mol. The number of hydrogen-bond acceptors (Lipinski definition) is 6. The highest BCUT2D eigenvalue weighted by Gasteiger charge is 2.33. The minimum Gasteiger partial charge on any atom is -0.497 e. The van der Waals surface area contributed by atoms with Gasteiger partial charge in [0.2, 0.25) is 5.88 Å². The van der Waals surface area contributed by atoms with E-state index in [-0.39, 0.29) is 6.61 Å². The topological polar surface area (TPSA) is 69.0 Å². The zero-order valence-electron chi connectivity index (χ0n) is 22.0. The number of nitrogens with zero attached hydrogens (tertiary/aromatic N) is 3.